The predicted molar refractivity (Wildman–Crippen MR) is 42.3 cm³/mol. The summed E-state index contributed by atoms with van der Waals surface area (Å²) >= 11 is 0. The topological polar surface area (TPSA) is 100 Å². The lowest BCUT2D eigenvalue weighted by Crippen LogP contribution is -2.14. The van der Waals surface area contributed by atoms with E-state index in [9.17, 15) is 4.79 Å². The van der Waals surface area contributed by atoms with Gasteiger partial charge in [0, 0.05) is 6.07 Å². The van der Waals surface area contributed by atoms with Crippen molar-refractivity contribution in [3.8, 4) is 5.75 Å². The lowest BCUT2D eigenvalue weighted by atomic mass is 10.3. The van der Waals surface area contributed by atoms with Gasteiger partial charge in [-0.3, -0.25) is 10.2 Å². The minimum atomic E-state index is -0.530. The molecule has 1 aromatic rings. The molecule has 5 heteroatoms. The van der Waals surface area contributed by atoms with Crippen LogP contribution in [0.3, 0.4) is 0 Å². The van der Waals surface area contributed by atoms with Crippen LogP contribution in [-0.4, -0.2) is 10.9 Å². The van der Waals surface area contributed by atoms with Crippen molar-refractivity contribution in [3.05, 3.63) is 28.3 Å². The normalized spacial score (nSPS) is 9.67. The number of nitrogens with two attached hydrogens (primary N) is 1. The molecule has 0 aliphatic rings. The molecule has 0 radical (unpaired) electrons. The first-order valence-electron chi connectivity index (χ1n) is 3.23. The van der Waals surface area contributed by atoms with E-state index in [0.717, 1.165) is 12.3 Å². The van der Waals surface area contributed by atoms with Gasteiger partial charge in [0.25, 0.3) is 0 Å². The fraction of sp³-hybridized carbons (Fsp3) is 0.143. The Morgan fingerprint density at radius 3 is 2.92 bits per heavy atom. The molecule has 5 nitrogen and oxygen atoms in total. The third-order valence-corrected chi connectivity index (χ3v) is 1.23. The van der Waals surface area contributed by atoms with E-state index in [-0.39, 0.29) is 18.0 Å². The van der Waals surface area contributed by atoms with Crippen LogP contribution in [0.15, 0.2) is 21.5 Å². The van der Waals surface area contributed by atoms with Crippen molar-refractivity contribution in [3.63, 3.8) is 0 Å². The molecular formula is C7H8N2O3. The van der Waals surface area contributed by atoms with Crippen LogP contribution >= 0.6 is 0 Å². The maximum Gasteiger partial charge on any atom is 0.226 e. The van der Waals surface area contributed by atoms with E-state index >= 15 is 0 Å². The first kappa shape index (κ1) is 8.32. The lowest BCUT2D eigenvalue weighted by Gasteiger charge is -1.96. The molecule has 0 aliphatic carbocycles. The molecule has 0 atom stereocenters. The molecule has 0 unspecified atom stereocenters. The Kier molecular flexibility index (Phi) is 2.14. The average molecular weight is 168 g/mol. The Bertz CT molecular complexity index is 356. The molecule has 0 aromatic carbocycles. The second-order valence-electron chi connectivity index (χ2n) is 2.30. The van der Waals surface area contributed by atoms with Crippen LogP contribution in [0, 0.1) is 5.41 Å². The van der Waals surface area contributed by atoms with Crippen LogP contribution in [-0.2, 0) is 6.42 Å². The van der Waals surface area contributed by atoms with Gasteiger partial charge >= 0.3 is 0 Å². The predicted octanol–water partition coefficient (Wildman–Crippen LogP) is -0.176. The van der Waals surface area contributed by atoms with Crippen molar-refractivity contribution in [2.24, 2.45) is 5.73 Å². The van der Waals surface area contributed by atoms with Gasteiger partial charge in [0.2, 0.25) is 5.43 Å². The molecule has 64 valence electrons. The van der Waals surface area contributed by atoms with Gasteiger partial charge in [-0.05, 0) is 0 Å². The number of amidine groups is 1. The highest BCUT2D eigenvalue weighted by Crippen LogP contribution is 2.03. The van der Waals surface area contributed by atoms with E-state index in [1.807, 2.05) is 0 Å². The third kappa shape index (κ3) is 1.85. The summed E-state index contributed by atoms with van der Waals surface area (Å²) in [6, 6.07) is 1.11. The summed E-state index contributed by atoms with van der Waals surface area (Å²) in [5.74, 6) is -0.267. The van der Waals surface area contributed by atoms with Crippen molar-refractivity contribution in [1.82, 2.24) is 0 Å². The molecule has 12 heavy (non-hydrogen) atoms. The number of hydrogen-bond donors (Lipinski definition) is 3. The molecule has 0 bridgehead atoms. The SMILES string of the molecule is N=C(N)Cc1cc(=O)c(O)co1. The van der Waals surface area contributed by atoms with Gasteiger partial charge in [-0.1, -0.05) is 0 Å². The van der Waals surface area contributed by atoms with Crippen LogP contribution in [0.1, 0.15) is 5.76 Å². The molecule has 1 rings (SSSR count). The number of rotatable bonds is 2. The second kappa shape index (κ2) is 3.08. The highest BCUT2D eigenvalue weighted by atomic mass is 16.3. The summed E-state index contributed by atoms with van der Waals surface area (Å²) in [5.41, 5.74) is 4.54. The van der Waals surface area contributed by atoms with E-state index in [1.165, 1.54) is 0 Å². The zero-order chi connectivity index (χ0) is 9.14. The molecule has 0 fully saturated rings. The fourth-order valence-corrected chi connectivity index (χ4v) is 0.724. The number of aromatic hydroxyl groups is 1. The Morgan fingerprint density at radius 1 is 1.75 bits per heavy atom. The second-order valence-corrected chi connectivity index (χ2v) is 2.30. The summed E-state index contributed by atoms with van der Waals surface area (Å²) < 4.78 is 4.78. The standard InChI is InChI=1S/C7H8N2O3/c8-7(9)2-4-1-5(10)6(11)3-12-4/h1,3,11H,2H2,(H3,8,9). The zero-order valence-corrected chi connectivity index (χ0v) is 6.20. The van der Waals surface area contributed by atoms with Gasteiger partial charge in [-0.2, -0.15) is 0 Å². The maximum atomic E-state index is 10.8. The van der Waals surface area contributed by atoms with Crippen molar-refractivity contribution in [2.45, 2.75) is 6.42 Å². The quantitative estimate of drug-likeness (QED) is 0.421. The first-order chi connectivity index (χ1) is 5.59. The Morgan fingerprint density at radius 2 is 2.42 bits per heavy atom. The molecule has 0 spiro atoms. The van der Waals surface area contributed by atoms with E-state index in [1.54, 1.807) is 0 Å². The highest BCUT2D eigenvalue weighted by Gasteiger charge is 2.02. The highest BCUT2D eigenvalue weighted by molar-refractivity contribution is 5.78. The van der Waals surface area contributed by atoms with Gasteiger partial charge in [0.1, 0.15) is 12.0 Å². The lowest BCUT2D eigenvalue weighted by molar-refractivity contribution is 0.418. The van der Waals surface area contributed by atoms with Crippen molar-refractivity contribution >= 4 is 5.84 Å². The Labute approximate surface area is 67.9 Å². The van der Waals surface area contributed by atoms with Crippen molar-refractivity contribution in [2.75, 3.05) is 0 Å². The maximum absolute atomic E-state index is 10.8. The number of nitrogens with one attached hydrogen (secondary N) is 1. The minimum absolute atomic E-state index is 0.0789. The van der Waals surface area contributed by atoms with Crippen LogP contribution < -0.4 is 11.2 Å². The first-order valence-corrected chi connectivity index (χ1v) is 3.23. The molecule has 1 aromatic heterocycles. The largest absolute Gasteiger partial charge is 0.502 e. The summed E-state index contributed by atoms with van der Waals surface area (Å²) in [7, 11) is 0. The van der Waals surface area contributed by atoms with Crippen LogP contribution in [0.5, 0.6) is 5.75 Å². The van der Waals surface area contributed by atoms with Gasteiger partial charge in [0.15, 0.2) is 5.75 Å². The molecule has 0 saturated heterocycles. The van der Waals surface area contributed by atoms with Crippen molar-refractivity contribution < 1.29 is 9.52 Å². The molecule has 0 saturated carbocycles. The van der Waals surface area contributed by atoms with Crippen molar-refractivity contribution in [1.29, 1.82) is 5.41 Å². The monoisotopic (exact) mass is 168 g/mol. The van der Waals surface area contributed by atoms with Gasteiger partial charge in [-0.15, -0.1) is 0 Å². The fourth-order valence-electron chi connectivity index (χ4n) is 0.724. The minimum Gasteiger partial charge on any atom is -0.502 e. The van der Waals surface area contributed by atoms with E-state index in [2.05, 4.69) is 0 Å². The van der Waals surface area contributed by atoms with E-state index < -0.39 is 11.2 Å². The smallest absolute Gasteiger partial charge is 0.226 e. The summed E-state index contributed by atoms with van der Waals surface area (Å²) in [6.45, 7) is 0. The number of hydrogen-bond acceptors (Lipinski definition) is 4. The zero-order valence-electron chi connectivity index (χ0n) is 6.20. The van der Waals surface area contributed by atoms with Crippen LogP contribution in [0.25, 0.3) is 0 Å². The summed E-state index contributed by atoms with van der Waals surface area (Å²) in [4.78, 5) is 10.8. The van der Waals surface area contributed by atoms with Crippen LogP contribution in [0.2, 0.25) is 0 Å². The molecule has 0 amide bonds. The Balaban J connectivity index is 2.97. The summed E-state index contributed by atoms with van der Waals surface area (Å²) in [5, 5.41) is 15.7. The van der Waals surface area contributed by atoms with Gasteiger partial charge in [0.05, 0.1) is 12.3 Å². The van der Waals surface area contributed by atoms with Gasteiger partial charge < -0.3 is 15.3 Å². The Hall–Kier alpha value is -1.78. The van der Waals surface area contributed by atoms with E-state index in [0.29, 0.717) is 0 Å². The molecule has 0 aliphatic heterocycles. The van der Waals surface area contributed by atoms with Crippen LogP contribution in [0.4, 0.5) is 0 Å². The third-order valence-electron chi connectivity index (χ3n) is 1.23. The van der Waals surface area contributed by atoms with E-state index in [4.69, 9.17) is 20.7 Å². The molecular weight excluding hydrogens is 160 g/mol. The molecule has 1 heterocycles. The summed E-state index contributed by atoms with van der Waals surface area (Å²) in [6.07, 6.45) is 1.01. The average Bonchev–Trinajstić information content (AvgIpc) is 1.96. The molecule has 4 N–H and O–H groups in total. The van der Waals surface area contributed by atoms with Gasteiger partial charge in [-0.25, -0.2) is 0 Å².